The van der Waals surface area contributed by atoms with Gasteiger partial charge in [-0.05, 0) is 19.4 Å². The zero-order chi connectivity index (χ0) is 17.6. The lowest BCUT2D eigenvalue weighted by molar-refractivity contribution is 0.179. The minimum absolute atomic E-state index is 0. The van der Waals surface area contributed by atoms with Crippen molar-refractivity contribution >= 4 is 33.5 Å². The van der Waals surface area contributed by atoms with Gasteiger partial charge in [0.1, 0.15) is 4.90 Å². The summed E-state index contributed by atoms with van der Waals surface area (Å²) in [5.41, 5.74) is 1.50. The quantitative estimate of drug-likeness (QED) is 0.801. The van der Waals surface area contributed by atoms with Crippen LogP contribution in [0.1, 0.15) is 12.1 Å². The fourth-order valence-corrected chi connectivity index (χ4v) is 5.32. The van der Waals surface area contributed by atoms with Gasteiger partial charge in [0.2, 0.25) is 10.0 Å². The molecule has 0 spiro atoms. The molecule has 8 nitrogen and oxygen atoms in total. The van der Waals surface area contributed by atoms with E-state index in [2.05, 4.69) is 20.3 Å². The Labute approximate surface area is 160 Å². The zero-order valence-electron chi connectivity index (χ0n) is 15.1. The zero-order valence-corrected chi connectivity index (χ0v) is 16.7. The van der Waals surface area contributed by atoms with Gasteiger partial charge in [-0.15, -0.1) is 12.4 Å². The highest BCUT2D eigenvalue weighted by Gasteiger charge is 2.35. The molecule has 4 heterocycles. The molecule has 10 heteroatoms. The number of piperazine rings is 1. The molecule has 2 saturated heterocycles. The molecule has 0 aromatic carbocycles. The van der Waals surface area contributed by atoms with Crippen LogP contribution >= 0.6 is 12.4 Å². The van der Waals surface area contributed by atoms with E-state index < -0.39 is 10.0 Å². The van der Waals surface area contributed by atoms with Crippen molar-refractivity contribution in [3.63, 3.8) is 0 Å². The summed E-state index contributed by atoms with van der Waals surface area (Å²) in [5, 5.41) is 8.45. The Bertz CT molecular complexity index is 894. The topological polar surface area (TPSA) is 83.4 Å². The van der Waals surface area contributed by atoms with Crippen molar-refractivity contribution in [3.05, 3.63) is 18.0 Å². The third-order valence-corrected chi connectivity index (χ3v) is 7.10. The summed E-state index contributed by atoms with van der Waals surface area (Å²) in [6.45, 7) is 6.93. The lowest BCUT2D eigenvalue weighted by atomic mass is 10.2. The molecule has 2 aromatic rings. The van der Waals surface area contributed by atoms with E-state index in [0.29, 0.717) is 24.8 Å². The third kappa shape index (κ3) is 3.34. The number of hydrogen-bond donors (Lipinski definition) is 1. The molecule has 2 aromatic heterocycles. The Hall–Kier alpha value is -1.26. The fraction of sp³-hybridized carbons (Fsp3) is 0.625. The van der Waals surface area contributed by atoms with Crippen molar-refractivity contribution in [1.29, 1.82) is 0 Å². The number of sulfonamides is 1. The Balaban J connectivity index is 0.00000196. The Morgan fingerprint density at radius 2 is 1.96 bits per heavy atom. The van der Waals surface area contributed by atoms with Crippen molar-refractivity contribution in [2.45, 2.75) is 24.3 Å². The number of nitrogens with one attached hydrogen (secondary N) is 1. The largest absolute Gasteiger partial charge is 0.314 e. The first-order valence-corrected chi connectivity index (χ1v) is 10.1. The van der Waals surface area contributed by atoms with Gasteiger partial charge in [-0.1, -0.05) is 0 Å². The second-order valence-corrected chi connectivity index (χ2v) is 8.78. The second-order valence-electron chi connectivity index (χ2n) is 6.84. The van der Waals surface area contributed by atoms with E-state index in [9.17, 15) is 8.42 Å². The van der Waals surface area contributed by atoms with E-state index in [1.54, 1.807) is 15.1 Å². The van der Waals surface area contributed by atoms with Crippen LogP contribution in [0.3, 0.4) is 0 Å². The SMILES string of the molecule is Cc1nn(C)c2ncc(S(=O)(=O)N3CCC(N4CCNCC4)C3)cc12.Cl. The van der Waals surface area contributed by atoms with E-state index >= 15 is 0 Å². The molecule has 0 radical (unpaired) electrons. The van der Waals surface area contributed by atoms with Gasteiger partial charge < -0.3 is 5.32 Å². The molecule has 2 aliphatic rings. The first-order valence-electron chi connectivity index (χ1n) is 8.71. The van der Waals surface area contributed by atoms with Gasteiger partial charge in [0.05, 0.1) is 5.69 Å². The standard InChI is InChI=1S/C16H24N6O2S.ClH/c1-12-15-9-14(10-18-16(15)20(2)19-12)25(23,24)22-6-3-13(11-22)21-7-4-17-5-8-21;/h9-10,13,17H,3-8,11H2,1-2H3;1H. The number of halogens is 1. The van der Waals surface area contributed by atoms with Gasteiger partial charge in [-0.2, -0.15) is 9.40 Å². The van der Waals surface area contributed by atoms with Gasteiger partial charge in [-0.3, -0.25) is 9.58 Å². The highest BCUT2D eigenvalue weighted by Crippen LogP contribution is 2.26. The first kappa shape index (κ1) is 19.5. The van der Waals surface area contributed by atoms with E-state index in [1.807, 2.05) is 14.0 Å². The summed E-state index contributed by atoms with van der Waals surface area (Å²) in [4.78, 5) is 6.99. The van der Waals surface area contributed by atoms with Gasteiger partial charge in [0, 0.05) is 63.9 Å². The summed E-state index contributed by atoms with van der Waals surface area (Å²) in [5.74, 6) is 0. The molecule has 0 saturated carbocycles. The van der Waals surface area contributed by atoms with E-state index in [-0.39, 0.29) is 17.3 Å². The number of rotatable bonds is 3. The van der Waals surface area contributed by atoms with Crippen LogP contribution in [0.4, 0.5) is 0 Å². The summed E-state index contributed by atoms with van der Waals surface area (Å²) in [6.07, 6.45) is 2.34. The van der Waals surface area contributed by atoms with Gasteiger partial charge in [0.25, 0.3) is 0 Å². The van der Waals surface area contributed by atoms with E-state index in [4.69, 9.17) is 0 Å². The summed E-state index contributed by atoms with van der Waals surface area (Å²) >= 11 is 0. The second kappa shape index (κ2) is 7.40. The minimum Gasteiger partial charge on any atom is -0.314 e. The number of nitrogens with zero attached hydrogens (tertiary/aromatic N) is 5. The minimum atomic E-state index is -3.52. The summed E-state index contributed by atoms with van der Waals surface area (Å²) < 4.78 is 29.4. The molecule has 1 atom stereocenters. The van der Waals surface area contributed by atoms with Crippen molar-refractivity contribution < 1.29 is 8.42 Å². The molecule has 0 amide bonds. The molecule has 1 N–H and O–H groups in total. The van der Waals surface area contributed by atoms with Crippen LogP contribution in [0.2, 0.25) is 0 Å². The number of pyridine rings is 1. The van der Waals surface area contributed by atoms with Crippen LogP contribution < -0.4 is 5.32 Å². The highest BCUT2D eigenvalue weighted by molar-refractivity contribution is 7.89. The van der Waals surface area contributed by atoms with E-state index in [0.717, 1.165) is 43.7 Å². The number of aromatic nitrogens is 3. The van der Waals surface area contributed by atoms with Crippen LogP contribution in [0.5, 0.6) is 0 Å². The molecule has 4 rings (SSSR count). The predicted octanol–water partition coefficient (Wildman–Crippen LogP) is 0.367. The molecule has 0 bridgehead atoms. The lowest BCUT2D eigenvalue weighted by Crippen LogP contribution is -2.49. The molecule has 1 unspecified atom stereocenters. The lowest BCUT2D eigenvalue weighted by Gasteiger charge is -2.32. The maximum atomic E-state index is 13.1. The molecule has 0 aliphatic carbocycles. The predicted molar refractivity (Wildman–Crippen MR) is 102 cm³/mol. The maximum Gasteiger partial charge on any atom is 0.244 e. The molecular formula is C16H25ClN6O2S. The van der Waals surface area contributed by atoms with E-state index in [1.165, 1.54) is 6.20 Å². The van der Waals surface area contributed by atoms with Gasteiger partial charge >= 0.3 is 0 Å². The Kier molecular flexibility index (Phi) is 5.55. The average molecular weight is 401 g/mol. The van der Waals surface area contributed by atoms with Crippen LogP contribution in [0.25, 0.3) is 11.0 Å². The molecule has 2 aliphatic heterocycles. The molecule has 144 valence electrons. The monoisotopic (exact) mass is 400 g/mol. The first-order chi connectivity index (χ1) is 12.0. The molecule has 2 fully saturated rings. The average Bonchev–Trinajstić information content (AvgIpc) is 3.22. The normalized spacial score (nSPS) is 22.6. The Morgan fingerprint density at radius 3 is 2.69 bits per heavy atom. The number of hydrogen-bond acceptors (Lipinski definition) is 6. The van der Waals surface area contributed by atoms with Crippen LogP contribution in [-0.2, 0) is 17.1 Å². The van der Waals surface area contributed by atoms with Crippen LogP contribution in [0, 0.1) is 6.92 Å². The summed E-state index contributed by atoms with van der Waals surface area (Å²) in [6, 6.07) is 2.02. The van der Waals surface area contributed by atoms with Crippen LogP contribution in [-0.4, -0.2) is 77.7 Å². The van der Waals surface area contributed by atoms with Gasteiger partial charge in [0.15, 0.2) is 5.65 Å². The molecule has 26 heavy (non-hydrogen) atoms. The molecular weight excluding hydrogens is 376 g/mol. The number of aryl methyl sites for hydroxylation is 2. The van der Waals surface area contributed by atoms with Crippen molar-refractivity contribution in [3.8, 4) is 0 Å². The maximum absolute atomic E-state index is 13.1. The van der Waals surface area contributed by atoms with Crippen LogP contribution in [0.15, 0.2) is 17.2 Å². The van der Waals surface area contributed by atoms with Crippen molar-refractivity contribution in [2.24, 2.45) is 7.05 Å². The smallest absolute Gasteiger partial charge is 0.244 e. The highest BCUT2D eigenvalue weighted by atomic mass is 35.5. The van der Waals surface area contributed by atoms with Crippen molar-refractivity contribution in [2.75, 3.05) is 39.3 Å². The third-order valence-electron chi connectivity index (χ3n) is 5.27. The van der Waals surface area contributed by atoms with Gasteiger partial charge in [-0.25, -0.2) is 13.4 Å². The number of fused-ring (bicyclic) bond motifs is 1. The van der Waals surface area contributed by atoms with Crippen molar-refractivity contribution in [1.82, 2.24) is 29.3 Å². The fourth-order valence-electron chi connectivity index (χ4n) is 3.85. The summed E-state index contributed by atoms with van der Waals surface area (Å²) in [7, 11) is -1.70. The Morgan fingerprint density at radius 1 is 1.23 bits per heavy atom.